The van der Waals surface area contributed by atoms with E-state index in [-0.39, 0.29) is 24.6 Å². The van der Waals surface area contributed by atoms with Crippen LogP contribution in [0, 0.1) is 0 Å². The van der Waals surface area contributed by atoms with Crippen LogP contribution in [0.5, 0.6) is 0 Å². The first-order valence-corrected chi connectivity index (χ1v) is 5.39. The van der Waals surface area contributed by atoms with Crippen LogP contribution < -0.4 is 0 Å². The van der Waals surface area contributed by atoms with Gasteiger partial charge in [0.1, 0.15) is 12.7 Å². The molecule has 0 amide bonds. The Morgan fingerprint density at radius 2 is 1.93 bits per heavy atom. The second kappa shape index (κ2) is 8.26. The van der Waals surface area contributed by atoms with Crippen LogP contribution in [0.1, 0.15) is 46.5 Å². The Hall–Kier alpha value is -1.06. The van der Waals surface area contributed by atoms with Gasteiger partial charge >= 0.3 is 11.9 Å². The van der Waals surface area contributed by atoms with Crippen molar-refractivity contribution < 1.29 is 19.1 Å². The molecular weight excluding hydrogens is 196 g/mol. The summed E-state index contributed by atoms with van der Waals surface area (Å²) in [5.74, 6) is -0.577. The van der Waals surface area contributed by atoms with Crippen molar-refractivity contribution in [2.24, 2.45) is 0 Å². The van der Waals surface area contributed by atoms with Crippen LogP contribution in [-0.2, 0) is 19.1 Å². The van der Waals surface area contributed by atoms with Crippen LogP contribution in [-0.4, -0.2) is 24.6 Å². The molecule has 0 heterocycles. The monoisotopic (exact) mass is 216 g/mol. The molecule has 0 rings (SSSR count). The number of unbranched alkanes of at least 4 members (excludes halogenated alkanes) is 2. The highest BCUT2D eigenvalue weighted by atomic mass is 16.6. The molecule has 1 atom stereocenters. The van der Waals surface area contributed by atoms with Gasteiger partial charge in [0.25, 0.3) is 0 Å². The van der Waals surface area contributed by atoms with E-state index in [0.717, 1.165) is 19.3 Å². The lowest BCUT2D eigenvalue weighted by atomic mass is 10.2. The van der Waals surface area contributed by atoms with Gasteiger partial charge < -0.3 is 9.47 Å². The van der Waals surface area contributed by atoms with Gasteiger partial charge in [0, 0.05) is 13.3 Å². The van der Waals surface area contributed by atoms with Gasteiger partial charge in [0.05, 0.1) is 0 Å². The van der Waals surface area contributed by atoms with Crippen molar-refractivity contribution in [2.45, 2.75) is 52.6 Å². The van der Waals surface area contributed by atoms with Crippen LogP contribution in [0.3, 0.4) is 0 Å². The van der Waals surface area contributed by atoms with Crippen LogP contribution in [0.2, 0.25) is 0 Å². The molecule has 88 valence electrons. The SMILES string of the molecule is CCCCCC(=O)OCC(C)OC(C)=O. The van der Waals surface area contributed by atoms with Gasteiger partial charge in [-0.25, -0.2) is 0 Å². The molecule has 0 aliphatic rings. The zero-order valence-corrected chi connectivity index (χ0v) is 9.75. The van der Waals surface area contributed by atoms with Crippen LogP contribution in [0.25, 0.3) is 0 Å². The molecule has 0 radical (unpaired) electrons. The molecule has 0 aliphatic heterocycles. The van der Waals surface area contributed by atoms with Crippen molar-refractivity contribution in [1.82, 2.24) is 0 Å². The third-order valence-corrected chi connectivity index (χ3v) is 1.83. The number of hydrogen-bond acceptors (Lipinski definition) is 4. The molecule has 1 unspecified atom stereocenters. The zero-order valence-electron chi connectivity index (χ0n) is 9.75. The Balaban J connectivity index is 3.48. The van der Waals surface area contributed by atoms with Gasteiger partial charge in [0.2, 0.25) is 0 Å². The lowest BCUT2D eigenvalue weighted by molar-refractivity contribution is -0.156. The van der Waals surface area contributed by atoms with Crippen molar-refractivity contribution in [3.63, 3.8) is 0 Å². The molecule has 4 heteroatoms. The van der Waals surface area contributed by atoms with Crippen molar-refractivity contribution >= 4 is 11.9 Å². The van der Waals surface area contributed by atoms with E-state index in [1.54, 1.807) is 6.92 Å². The normalized spacial score (nSPS) is 11.9. The Kier molecular flexibility index (Phi) is 7.68. The van der Waals surface area contributed by atoms with Gasteiger partial charge in [-0.05, 0) is 13.3 Å². The Morgan fingerprint density at radius 3 is 2.47 bits per heavy atom. The standard InChI is InChI=1S/C11H20O4/c1-4-5-6-7-11(13)14-8-9(2)15-10(3)12/h9H,4-8H2,1-3H3. The van der Waals surface area contributed by atoms with E-state index in [4.69, 9.17) is 9.47 Å². The van der Waals surface area contributed by atoms with Crippen LogP contribution in [0.4, 0.5) is 0 Å². The predicted octanol–water partition coefficient (Wildman–Crippen LogP) is 2.06. The van der Waals surface area contributed by atoms with Crippen molar-refractivity contribution in [3.8, 4) is 0 Å². The van der Waals surface area contributed by atoms with E-state index in [0.29, 0.717) is 6.42 Å². The molecule has 0 aliphatic carbocycles. The molecule has 0 saturated heterocycles. The fourth-order valence-electron chi connectivity index (χ4n) is 1.12. The summed E-state index contributed by atoms with van der Waals surface area (Å²) in [7, 11) is 0. The van der Waals surface area contributed by atoms with E-state index in [2.05, 4.69) is 6.92 Å². The minimum absolute atomic E-state index is 0.143. The number of carbonyl (C=O) groups is 2. The number of rotatable bonds is 7. The zero-order chi connectivity index (χ0) is 11.7. The summed E-state index contributed by atoms with van der Waals surface area (Å²) >= 11 is 0. The molecule has 0 fully saturated rings. The van der Waals surface area contributed by atoms with Gasteiger partial charge in [-0.15, -0.1) is 0 Å². The summed E-state index contributed by atoms with van der Waals surface area (Å²) in [6.45, 7) is 5.25. The summed E-state index contributed by atoms with van der Waals surface area (Å²) in [4.78, 5) is 21.7. The fraction of sp³-hybridized carbons (Fsp3) is 0.818. The second-order valence-corrected chi connectivity index (χ2v) is 3.56. The number of hydrogen-bond donors (Lipinski definition) is 0. The van der Waals surface area contributed by atoms with E-state index in [9.17, 15) is 9.59 Å². The first-order chi connectivity index (χ1) is 7.06. The number of ether oxygens (including phenoxy) is 2. The topological polar surface area (TPSA) is 52.6 Å². The highest BCUT2D eigenvalue weighted by Gasteiger charge is 2.08. The maximum Gasteiger partial charge on any atom is 0.305 e. The van der Waals surface area contributed by atoms with Crippen molar-refractivity contribution in [1.29, 1.82) is 0 Å². The molecule has 15 heavy (non-hydrogen) atoms. The smallest absolute Gasteiger partial charge is 0.305 e. The summed E-state index contributed by atoms with van der Waals surface area (Å²) in [6.07, 6.45) is 3.06. The Bertz CT molecular complexity index is 201. The van der Waals surface area contributed by atoms with E-state index < -0.39 is 0 Å². The summed E-state index contributed by atoms with van der Waals surface area (Å²) < 4.78 is 9.75. The molecule has 0 spiro atoms. The lowest BCUT2D eigenvalue weighted by Gasteiger charge is -2.11. The van der Waals surface area contributed by atoms with Crippen molar-refractivity contribution in [2.75, 3.05) is 6.61 Å². The van der Waals surface area contributed by atoms with E-state index in [1.165, 1.54) is 6.92 Å². The quantitative estimate of drug-likeness (QED) is 0.483. The van der Waals surface area contributed by atoms with Gasteiger partial charge in [-0.2, -0.15) is 0 Å². The molecule has 0 aromatic rings. The maximum atomic E-state index is 11.1. The van der Waals surface area contributed by atoms with E-state index >= 15 is 0 Å². The molecule has 4 nitrogen and oxygen atoms in total. The maximum absolute atomic E-state index is 11.1. The molecule has 0 aromatic heterocycles. The Morgan fingerprint density at radius 1 is 1.27 bits per heavy atom. The molecular formula is C11H20O4. The highest BCUT2D eigenvalue weighted by molar-refractivity contribution is 5.69. The van der Waals surface area contributed by atoms with Crippen LogP contribution >= 0.6 is 0 Å². The summed E-state index contributed by atoms with van der Waals surface area (Å²) in [5, 5.41) is 0. The average Bonchev–Trinajstić information content (AvgIpc) is 2.14. The first-order valence-electron chi connectivity index (χ1n) is 5.39. The number of carbonyl (C=O) groups excluding carboxylic acids is 2. The fourth-order valence-corrected chi connectivity index (χ4v) is 1.12. The summed E-state index contributed by atoms with van der Waals surface area (Å²) in [6, 6.07) is 0. The lowest BCUT2D eigenvalue weighted by Crippen LogP contribution is -2.20. The number of esters is 2. The van der Waals surface area contributed by atoms with Crippen LogP contribution in [0.15, 0.2) is 0 Å². The minimum atomic E-state index is -0.363. The third kappa shape index (κ3) is 9.25. The Labute approximate surface area is 90.9 Å². The molecule has 0 aromatic carbocycles. The van der Waals surface area contributed by atoms with E-state index in [1.807, 2.05) is 0 Å². The minimum Gasteiger partial charge on any atom is -0.462 e. The second-order valence-electron chi connectivity index (χ2n) is 3.56. The third-order valence-electron chi connectivity index (χ3n) is 1.83. The van der Waals surface area contributed by atoms with Gasteiger partial charge in [-0.3, -0.25) is 9.59 Å². The first kappa shape index (κ1) is 13.9. The largest absolute Gasteiger partial charge is 0.462 e. The van der Waals surface area contributed by atoms with Gasteiger partial charge in [0.15, 0.2) is 0 Å². The van der Waals surface area contributed by atoms with Gasteiger partial charge in [-0.1, -0.05) is 19.8 Å². The molecule has 0 N–H and O–H groups in total. The highest BCUT2D eigenvalue weighted by Crippen LogP contribution is 2.01. The molecule has 0 saturated carbocycles. The molecule has 0 bridgehead atoms. The van der Waals surface area contributed by atoms with Crippen molar-refractivity contribution in [3.05, 3.63) is 0 Å². The average molecular weight is 216 g/mol. The summed E-state index contributed by atoms with van der Waals surface area (Å²) in [5.41, 5.74) is 0. The predicted molar refractivity (Wildman–Crippen MR) is 56.3 cm³/mol.